The lowest BCUT2D eigenvalue weighted by atomic mass is 10.0. The maximum Gasteiger partial charge on any atom is 0.259 e. The fourth-order valence-electron chi connectivity index (χ4n) is 3.53. The van der Waals surface area contributed by atoms with E-state index in [2.05, 4.69) is 15.5 Å². The molecule has 1 aromatic heterocycles. The minimum absolute atomic E-state index is 0.131. The Balaban J connectivity index is 1.60. The number of nitrogens with one attached hydrogen (secondary N) is 2. The molecule has 0 unspecified atom stereocenters. The number of anilines is 2. The number of nitrogens with zero attached hydrogens (tertiary/aromatic N) is 1. The van der Waals surface area contributed by atoms with Gasteiger partial charge < -0.3 is 15.5 Å². The Bertz CT molecular complexity index is 1060. The van der Waals surface area contributed by atoms with Crippen LogP contribution in [0.15, 0.2) is 54.6 Å². The summed E-state index contributed by atoms with van der Waals surface area (Å²) >= 11 is 7.45. The maximum absolute atomic E-state index is 13.2. The number of amides is 2. The van der Waals surface area contributed by atoms with Crippen LogP contribution in [0.2, 0.25) is 5.02 Å². The number of carbonyl (C=O) groups is 2. The average Bonchev–Trinajstić information content (AvgIpc) is 3.07. The number of halogens is 1. The van der Waals surface area contributed by atoms with Crippen LogP contribution in [0.5, 0.6) is 0 Å². The zero-order valence-corrected chi connectivity index (χ0v) is 18.1. The molecule has 7 heteroatoms. The van der Waals surface area contributed by atoms with Crippen LogP contribution in [0.4, 0.5) is 10.7 Å². The van der Waals surface area contributed by atoms with Crippen molar-refractivity contribution in [3.05, 3.63) is 81.2 Å². The van der Waals surface area contributed by atoms with Gasteiger partial charge in [0.1, 0.15) is 5.00 Å². The number of benzene rings is 2. The van der Waals surface area contributed by atoms with Crippen LogP contribution in [0.1, 0.15) is 26.4 Å². The smallest absolute Gasteiger partial charge is 0.259 e. The highest BCUT2D eigenvalue weighted by molar-refractivity contribution is 7.17. The topological polar surface area (TPSA) is 61.4 Å². The number of thiophene rings is 1. The molecule has 2 amide bonds. The fraction of sp³-hybridized carbons (Fsp3) is 0.217. The van der Waals surface area contributed by atoms with Crippen molar-refractivity contribution < 1.29 is 9.59 Å². The van der Waals surface area contributed by atoms with E-state index in [1.165, 1.54) is 11.3 Å². The lowest BCUT2D eigenvalue weighted by Gasteiger charge is -2.23. The maximum atomic E-state index is 13.2. The Morgan fingerprint density at radius 3 is 2.53 bits per heavy atom. The molecule has 3 aromatic rings. The van der Waals surface area contributed by atoms with Gasteiger partial charge in [0.2, 0.25) is 5.91 Å². The van der Waals surface area contributed by atoms with Crippen molar-refractivity contribution in [2.75, 3.05) is 24.2 Å². The molecular formula is C23H22ClN3O2S. The van der Waals surface area contributed by atoms with Crippen molar-refractivity contribution in [3.63, 3.8) is 0 Å². The van der Waals surface area contributed by atoms with Crippen molar-refractivity contribution in [2.45, 2.75) is 19.4 Å². The van der Waals surface area contributed by atoms with E-state index in [1.54, 1.807) is 24.3 Å². The summed E-state index contributed by atoms with van der Waals surface area (Å²) in [5.41, 5.74) is 3.14. The molecule has 0 aliphatic carbocycles. The lowest BCUT2D eigenvalue weighted by Crippen LogP contribution is -2.27. The first kappa shape index (κ1) is 20.6. The van der Waals surface area contributed by atoms with E-state index in [4.69, 9.17) is 11.6 Å². The van der Waals surface area contributed by atoms with Crippen LogP contribution in [-0.4, -0.2) is 30.3 Å². The van der Waals surface area contributed by atoms with Gasteiger partial charge in [-0.2, -0.15) is 0 Å². The minimum Gasteiger partial charge on any atom is -0.322 e. The number of rotatable bonds is 5. The molecule has 0 spiro atoms. The molecule has 2 N–H and O–H groups in total. The molecule has 0 bridgehead atoms. The second-order valence-corrected chi connectivity index (χ2v) is 8.91. The zero-order valence-electron chi connectivity index (χ0n) is 16.6. The number of fused-ring (bicyclic) bond motifs is 1. The molecule has 0 saturated heterocycles. The SMILES string of the molecule is CN1CCc2sc(NC(=O)Cc3ccccc3)c(C(=O)Nc3ccc(Cl)cc3)c2C1. The Morgan fingerprint density at radius 2 is 1.80 bits per heavy atom. The molecule has 2 heterocycles. The molecule has 2 aromatic carbocycles. The van der Waals surface area contributed by atoms with E-state index < -0.39 is 0 Å². The summed E-state index contributed by atoms with van der Waals surface area (Å²) in [5.74, 6) is -0.353. The van der Waals surface area contributed by atoms with Crippen LogP contribution in [0, 0.1) is 0 Å². The van der Waals surface area contributed by atoms with Crippen LogP contribution in [0.25, 0.3) is 0 Å². The largest absolute Gasteiger partial charge is 0.322 e. The fourth-order valence-corrected chi connectivity index (χ4v) is 4.87. The molecule has 154 valence electrons. The molecule has 0 atom stereocenters. The van der Waals surface area contributed by atoms with E-state index in [0.29, 0.717) is 27.8 Å². The third kappa shape index (κ3) is 4.73. The van der Waals surface area contributed by atoms with Gasteiger partial charge in [0.05, 0.1) is 12.0 Å². The minimum atomic E-state index is -0.222. The Labute approximate surface area is 184 Å². The van der Waals surface area contributed by atoms with Crippen LogP contribution in [-0.2, 0) is 24.2 Å². The molecule has 0 saturated carbocycles. The van der Waals surface area contributed by atoms with Gasteiger partial charge in [0, 0.05) is 28.7 Å². The van der Waals surface area contributed by atoms with Gasteiger partial charge in [-0.25, -0.2) is 0 Å². The summed E-state index contributed by atoms with van der Waals surface area (Å²) in [6, 6.07) is 16.6. The van der Waals surface area contributed by atoms with E-state index in [0.717, 1.165) is 29.0 Å². The summed E-state index contributed by atoms with van der Waals surface area (Å²) in [7, 11) is 2.04. The van der Waals surface area contributed by atoms with E-state index in [-0.39, 0.29) is 18.2 Å². The summed E-state index contributed by atoms with van der Waals surface area (Å²) in [4.78, 5) is 29.2. The highest BCUT2D eigenvalue weighted by Gasteiger charge is 2.28. The van der Waals surface area contributed by atoms with E-state index in [9.17, 15) is 9.59 Å². The molecule has 4 rings (SSSR count). The molecule has 1 aliphatic rings. The van der Waals surface area contributed by atoms with Crippen molar-refractivity contribution in [1.82, 2.24) is 4.90 Å². The normalized spacial score (nSPS) is 13.5. The lowest BCUT2D eigenvalue weighted by molar-refractivity contribution is -0.115. The Kier molecular flexibility index (Phi) is 6.18. The predicted molar refractivity (Wildman–Crippen MR) is 123 cm³/mol. The number of likely N-dealkylation sites (N-methyl/N-ethyl adjacent to an activating group) is 1. The molecule has 0 radical (unpaired) electrons. The monoisotopic (exact) mass is 439 g/mol. The number of hydrogen-bond acceptors (Lipinski definition) is 4. The molecular weight excluding hydrogens is 418 g/mol. The van der Waals surface area contributed by atoms with E-state index >= 15 is 0 Å². The van der Waals surface area contributed by atoms with Gasteiger partial charge in [-0.1, -0.05) is 41.9 Å². The summed E-state index contributed by atoms with van der Waals surface area (Å²) in [5, 5.41) is 7.15. The standard InChI is InChI=1S/C23H22ClN3O2S/c1-27-12-11-19-18(14-27)21(22(29)25-17-9-7-16(24)8-10-17)23(30-19)26-20(28)13-15-5-3-2-4-6-15/h2-10H,11-14H2,1H3,(H,25,29)(H,26,28). The van der Waals surface area contributed by atoms with Gasteiger partial charge in [0.15, 0.2) is 0 Å². The first-order chi connectivity index (χ1) is 14.5. The van der Waals surface area contributed by atoms with E-state index in [1.807, 2.05) is 37.4 Å². The predicted octanol–water partition coefficient (Wildman–Crippen LogP) is 4.82. The van der Waals surface area contributed by atoms with Crippen LogP contribution >= 0.6 is 22.9 Å². The van der Waals surface area contributed by atoms with Crippen molar-refractivity contribution in [3.8, 4) is 0 Å². The van der Waals surface area contributed by atoms with Gasteiger partial charge in [-0.05, 0) is 48.9 Å². The summed E-state index contributed by atoms with van der Waals surface area (Å²) in [6.45, 7) is 1.62. The average molecular weight is 440 g/mol. The van der Waals surface area contributed by atoms with Gasteiger partial charge in [0.25, 0.3) is 5.91 Å². The molecule has 0 fully saturated rings. The van der Waals surface area contributed by atoms with Crippen molar-refractivity contribution >= 4 is 45.4 Å². The quantitative estimate of drug-likeness (QED) is 0.599. The van der Waals surface area contributed by atoms with Crippen molar-refractivity contribution in [2.24, 2.45) is 0 Å². The van der Waals surface area contributed by atoms with Crippen LogP contribution < -0.4 is 10.6 Å². The molecule has 5 nitrogen and oxygen atoms in total. The third-order valence-electron chi connectivity index (χ3n) is 5.03. The third-order valence-corrected chi connectivity index (χ3v) is 6.49. The summed E-state index contributed by atoms with van der Waals surface area (Å²) < 4.78 is 0. The number of hydrogen-bond donors (Lipinski definition) is 2. The highest BCUT2D eigenvalue weighted by Crippen LogP contribution is 2.37. The number of carbonyl (C=O) groups excluding carboxylic acids is 2. The first-order valence-electron chi connectivity index (χ1n) is 9.73. The van der Waals surface area contributed by atoms with Crippen LogP contribution in [0.3, 0.4) is 0 Å². The Hall–Kier alpha value is -2.67. The molecule has 30 heavy (non-hydrogen) atoms. The first-order valence-corrected chi connectivity index (χ1v) is 10.9. The second-order valence-electron chi connectivity index (χ2n) is 7.37. The summed E-state index contributed by atoms with van der Waals surface area (Å²) in [6.07, 6.45) is 1.13. The second kappa shape index (κ2) is 9.00. The van der Waals surface area contributed by atoms with Gasteiger partial charge in [-0.15, -0.1) is 11.3 Å². The van der Waals surface area contributed by atoms with Gasteiger partial charge in [-0.3, -0.25) is 9.59 Å². The van der Waals surface area contributed by atoms with Gasteiger partial charge >= 0.3 is 0 Å². The van der Waals surface area contributed by atoms with Crippen molar-refractivity contribution in [1.29, 1.82) is 0 Å². The molecule has 1 aliphatic heterocycles. The Morgan fingerprint density at radius 1 is 1.07 bits per heavy atom. The zero-order chi connectivity index (χ0) is 21.1. The highest BCUT2D eigenvalue weighted by atomic mass is 35.5.